The molecule has 1 aromatic carbocycles. The highest BCUT2D eigenvalue weighted by Gasteiger charge is 2.29. The molecule has 1 aliphatic rings. The number of likely N-dealkylation sites (N-methyl/N-ethyl adjacent to an activating group) is 1. The number of carbonyl (C=O) groups excluding carboxylic acids is 3. The van der Waals surface area contributed by atoms with Gasteiger partial charge < -0.3 is 15.5 Å². The molecular formula is C19H29N3O3. The summed E-state index contributed by atoms with van der Waals surface area (Å²) in [4.78, 5) is 35.9. The SMILES string of the molecule is CCC(C)C.CN1CCc2ccccc2C(NC(=O)CNC=O)C1=O. The number of amides is 3. The number of carbonyl (C=O) groups is 3. The summed E-state index contributed by atoms with van der Waals surface area (Å²) in [6.07, 6.45) is 2.52. The van der Waals surface area contributed by atoms with E-state index in [4.69, 9.17) is 0 Å². The second-order valence-corrected chi connectivity index (χ2v) is 6.51. The molecule has 1 aromatic rings. The van der Waals surface area contributed by atoms with Gasteiger partial charge in [0.05, 0.1) is 6.54 Å². The van der Waals surface area contributed by atoms with Crippen molar-refractivity contribution < 1.29 is 14.4 Å². The number of hydrogen-bond acceptors (Lipinski definition) is 3. The van der Waals surface area contributed by atoms with E-state index in [0.29, 0.717) is 13.0 Å². The molecule has 2 N–H and O–H groups in total. The third kappa shape index (κ3) is 6.57. The molecule has 3 amide bonds. The van der Waals surface area contributed by atoms with Gasteiger partial charge in [0, 0.05) is 13.6 Å². The molecule has 0 saturated carbocycles. The van der Waals surface area contributed by atoms with E-state index < -0.39 is 6.04 Å². The molecule has 0 saturated heterocycles. The summed E-state index contributed by atoms with van der Waals surface area (Å²) in [5, 5.41) is 4.96. The number of nitrogens with zero attached hydrogens (tertiary/aromatic N) is 1. The number of nitrogens with one attached hydrogen (secondary N) is 2. The minimum Gasteiger partial charge on any atom is -0.350 e. The normalized spacial score (nSPS) is 16.3. The summed E-state index contributed by atoms with van der Waals surface area (Å²) in [5.41, 5.74) is 1.88. The number of benzene rings is 1. The van der Waals surface area contributed by atoms with E-state index in [0.717, 1.165) is 23.5 Å². The highest BCUT2D eigenvalue weighted by atomic mass is 16.2. The molecule has 6 nitrogen and oxygen atoms in total. The highest BCUT2D eigenvalue weighted by Crippen LogP contribution is 2.24. The molecule has 0 aromatic heterocycles. The molecule has 138 valence electrons. The fourth-order valence-corrected chi connectivity index (χ4v) is 2.28. The molecule has 0 bridgehead atoms. The zero-order valence-electron chi connectivity index (χ0n) is 15.5. The maximum Gasteiger partial charge on any atom is 0.249 e. The van der Waals surface area contributed by atoms with Crippen LogP contribution in [0.4, 0.5) is 0 Å². The molecule has 1 unspecified atom stereocenters. The lowest BCUT2D eigenvalue weighted by Gasteiger charge is -2.22. The van der Waals surface area contributed by atoms with Crippen LogP contribution < -0.4 is 10.6 Å². The van der Waals surface area contributed by atoms with E-state index >= 15 is 0 Å². The van der Waals surface area contributed by atoms with Gasteiger partial charge >= 0.3 is 0 Å². The standard InChI is InChI=1S/C14H17N3O3.C5H12/c1-17-7-6-10-4-2-3-5-11(10)13(14(17)20)16-12(19)8-15-9-18;1-4-5(2)3/h2-5,9,13H,6-8H2,1H3,(H,15,18)(H,16,19);5H,4H2,1-3H3. The summed E-state index contributed by atoms with van der Waals surface area (Å²) in [7, 11) is 1.72. The van der Waals surface area contributed by atoms with Gasteiger partial charge in [0.1, 0.15) is 6.04 Å². The molecule has 1 heterocycles. The van der Waals surface area contributed by atoms with Crippen molar-refractivity contribution in [1.82, 2.24) is 15.5 Å². The largest absolute Gasteiger partial charge is 0.350 e. The number of fused-ring (bicyclic) bond motifs is 1. The first-order chi connectivity index (χ1) is 11.9. The molecule has 0 aliphatic carbocycles. The van der Waals surface area contributed by atoms with Crippen molar-refractivity contribution in [2.75, 3.05) is 20.1 Å². The average molecular weight is 347 g/mol. The summed E-state index contributed by atoms with van der Waals surface area (Å²) < 4.78 is 0. The Morgan fingerprint density at radius 1 is 1.36 bits per heavy atom. The summed E-state index contributed by atoms with van der Waals surface area (Å²) >= 11 is 0. The van der Waals surface area contributed by atoms with Gasteiger partial charge in [-0.25, -0.2) is 0 Å². The lowest BCUT2D eigenvalue weighted by molar-refractivity contribution is -0.135. The Labute approximate surface area is 150 Å². The van der Waals surface area contributed by atoms with Crippen LogP contribution in [0.1, 0.15) is 44.4 Å². The Kier molecular flexibility index (Phi) is 8.67. The van der Waals surface area contributed by atoms with Crippen LogP contribution in [0.5, 0.6) is 0 Å². The van der Waals surface area contributed by atoms with E-state index in [1.54, 1.807) is 11.9 Å². The fraction of sp³-hybridized carbons (Fsp3) is 0.526. The van der Waals surface area contributed by atoms with Crippen molar-refractivity contribution in [2.24, 2.45) is 5.92 Å². The van der Waals surface area contributed by atoms with Gasteiger partial charge in [-0.2, -0.15) is 0 Å². The maximum atomic E-state index is 12.3. The van der Waals surface area contributed by atoms with Gasteiger partial charge in [-0.3, -0.25) is 14.4 Å². The molecule has 0 radical (unpaired) electrons. The minimum atomic E-state index is -0.695. The van der Waals surface area contributed by atoms with E-state index in [2.05, 4.69) is 31.4 Å². The summed E-state index contributed by atoms with van der Waals surface area (Å²) in [6, 6.07) is 6.89. The Bertz CT molecular complexity index is 587. The number of hydrogen-bond donors (Lipinski definition) is 2. The molecule has 25 heavy (non-hydrogen) atoms. The first kappa shape index (κ1) is 20.7. The Morgan fingerprint density at radius 2 is 2.00 bits per heavy atom. The minimum absolute atomic E-state index is 0.140. The zero-order chi connectivity index (χ0) is 18.8. The van der Waals surface area contributed by atoms with Crippen LogP contribution in [-0.2, 0) is 20.8 Å². The lowest BCUT2D eigenvalue weighted by Crippen LogP contribution is -2.43. The van der Waals surface area contributed by atoms with Crippen LogP contribution in [0.25, 0.3) is 0 Å². The van der Waals surface area contributed by atoms with Crippen molar-refractivity contribution in [3.63, 3.8) is 0 Å². The highest BCUT2D eigenvalue weighted by molar-refractivity contribution is 5.90. The van der Waals surface area contributed by atoms with Crippen molar-refractivity contribution in [2.45, 2.75) is 39.7 Å². The Morgan fingerprint density at radius 3 is 2.60 bits per heavy atom. The van der Waals surface area contributed by atoms with Crippen LogP contribution in [0, 0.1) is 5.92 Å². The molecular weight excluding hydrogens is 318 g/mol. The molecule has 2 rings (SSSR count). The van der Waals surface area contributed by atoms with Gasteiger partial charge in [0.15, 0.2) is 0 Å². The molecule has 0 fully saturated rings. The monoisotopic (exact) mass is 347 g/mol. The van der Waals surface area contributed by atoms with Gasteiger partial charge in [-0.1, -0.05) is 51.5 Å². The zero-order valence-corrected chi connectivity index (χ0v) is 15.5. The third-order valence-corrected chi connectivity index (χ3v) is 4.17. The first-order valence-corrected chi connectivity index (χ1v) is 8.69. The van der Waals surface area contributed by atoms with E-state index in [1.165, 1.54) is 6.42 Å². The lowest BCUT2D eigenvalue weighted by atomic mass is 9.99. The van der Waals surface area contributed by atoms with Crippen molar-refractivity contribution in [1.29, 1.82) is 0 Å². The van der Waals surface area contributed by atoms with Crippen molar-refractivity contribution in [3.05, 3.63) is 35.4 Å². The van der Waals surface area contributed by atoms with Gasteiger partial charge in [-0.15, -0.1) is 0 Å². The first-order valence-electron chi connectivity index (χ1n) is 8.69. The van der Waals surface area contributed by atoms with Crippen LogP contribution in [0.3, 0.4) is 0 Å². The fourth-order valence-electron chi connectivity index (χ4n) is 2.28. The molecule has 1 atom stereocenters. The topological polar surface area (TPSA) is 78.5 Å². The summed E-state index contributed by atoms with van der Waals surface area (Å²) in [6.45, 7) is 7.12. The predicted molar refractivity (Wildman–Crippen MR) is 97.9 cm³/mol. The van der Waals surface area contributed by atoms with Crippen molar-refractivity contribution >= 4 is 18.2 Å². The van der Waals surface area contributed by atoms with Gasteiger partial charge in [0.25, 0.3) is 0 Å². The molecule has 6 heteroatoms. The second-order valence-electron chi connectivity index (χ2n) is 6.51. The second kappa shape index (κ2) is 10.5. The summed E-state index contributed by atoms with van der Waals surface area (Å²) in [5.74, 6) is 0.352. The Balaban J connectivity index is 0.000000550. The average Bonchev–Trinajstić information content (AvgIpc) is 2.73. The molecule has 0 spiro atoms. The number of rotatable bonds is 5. The smallest absolute Gasteiger partial charge is 0.249 e. The van der Waals surface area contributed by atoms with E-state index in [-0.39, 0.29) is 18.4 Å². The predicted octanol–water partition coefficient (Wildman–Crippen LogP) is 1.66. The van der Waals surface area contributed by atoms with E-state index in [9.17, 15) is 14.4 Å². The Hall–Kier alpha value is -2.37. The van der Waals surface area contributed by atoms with Crippen LogP contribution >= 0.6 is 0 Å². The third-order valence-electron chi connectivity index (χ3n) is 4.17. The van der Waals surface area contributed by atoms with Crippen LogP contribution in [0.2, 0.25) is 0 Å². The maximum absolute atomic E-state index is 12.3. The van der Waals surface area contributed by atoms with Crippen LogP contribution in [-0.4, -0.2) is 43.3 Å². The van der Waals surface area contributed by atoms with E-state index in [1.807, 2.05) is 24.3 Å². The van der Waals surface area contributed by atoms with Gasteiger partial charge in [-0.05, 0) is 23.5 Å². The van der Waals surface area contributed by atoms with Crippen molar-refractivity contribution in [3.8, 4) is 0 Å². The molecule has 1 aliphatic heterocycles. The van der Waals surface area contributed by atoms with Gasteiger partial charge in [0.2, 0.25) is 18.2 Å². The quantitative estimate of drug-likeness (QED) is 0.795. The van der Waals surface area contributed by atoms with Crippen LogP contribution in [0.15, 0.2) is 24.3 Å².